The second-order valence-corrected chi connectivity index (χ2v) is 8.55. The number of anilines is 2. The number of amides is 1. The van der Waals surface area contributed by atoms with Gasteiger partial charge in [-0.3, -0.25) is 4.79 Å². The fraction of sp³-hybridized carbons (Fsp3) is 0.435. The summed E-state index contributed by atoms with van der Waals surface area (Å²) in [6.45, 7) is 4.28. The predicted octanol–water partition coefficient (Wildman–Crippen LogP) is 2.30. The van der Waals surface area contributed by atoms with Crippen molar-refractivity contribution in [1.29, 1.82) is 0 Å². The number of ether oxygens (including phenoxy) is 3. The maximum Gasteiger partial charge on any atom is 0.261 e. The lowest BCUT2D eigenvalue weighted by molar-refractivity contribution is -0.0330. The van der Waals surface area contributed by atoms with Crippen LogP contribution in [0.25, 0.3) is 5.65 Å². The molecule has 0 radical (unpaired) electrons. The van der Waals surface area contributed by atoms with Crippen molar-refractivity contribution in [2.45, 2.75) is 24.9 Å². The van der Waals surface area contributed by atoms with Crippen LogP contribution in [0.5, 0.6) is 5.75 Å². The number of carbonyl (C=O) groups excluding carboxylic acids is 1. The quantitative estimate of drug-likeness (QED) is 0.675. The van der Waals surface area contributed by atoms with Gasteiger partial charge in [0.2, 0.25) is 0 Å². The molecule has 166 valence electrons. The Balaban J connectivity index is 1.35. The van der Waals surface area contributed by atoms with Crippen molar-refractivity contribution >= 4 is 22.9 Å². The monoisotopic (exact) mass is 435 g/mol. The van der Waals surface area contributed by atoms with Gasteiger partial charge in [-0.15, -0.1) is 0 Å². The molecule has 2 fully saturated rings. The summed E-state index contributed by atoms with van der Waals surface area (Å²) >= 11 is 0. The van der Waals surface area contributed by atoms with E-state index in [1.165, 1.54) is 0 Å². The lowest BCUT2D eigenvalue weighted by Crippen LogP contribution is -2.40. The van der Waals surface area contributed by atoms with E-state index >= 15 is 0 Å². The Morgan fingerprint density at radius 3 is 2.75 bits per heavy atom. The minimum atomic E-state index is -0.229. The van der Waals surface area contributed by atoms with Crippen LogP contribution in [0.3, 0.4) is 0 Å². The highest BCUT2D eigenvalue weighted by Gasteiger charge is 2.41. The Morgan fingerprint density at radius 1 is 1.09 bits per heavy atom. The van der Waals surface area contributed by atoms with Crippen LogP contribution in [0.4, 0.5) is 11.4 Å². The lowest BCUT2D eigenvalue weighted by atomic mass is 9.89. The minimum Gasteiger partial charge on any atom is -0.486 e. The second kappa shape index (κ2) is 7.75. The minimum absolute atomic E-state index is 0.197. The van der Waals surface area contributed by atoms with Crippen molar-refractivity contribution in [1.82, 2.24) is 14.6 Å². The summed E-state index contributed by atoms with van der Waals surface area (Å²) in [6, 6.07) is 5.93. The van der Waals surface area contributed by atoms with E-state index in [4.69, 9.17) is 14.2 Å². The fourth-order valence-electron chi connectivity index (χ4n) is 4.83. The van der Waals surface area contributed by atoms with Crippen molar-refractivity contribution in [2.24, 2.45) is 0 Å². The van der Waals surface area contributed by atoms with Crippen molar-refractivity contribution in [3.8, 4) is 5.75 Å². The van der Waals surface area contributed by atoms with Gasteiger partial charge in [-0.2, -0.15) is 5.10 Å². The fourth-order valence-corrected chi connectivity index (χ4v) is 4.83. The van der Waals surface area contributed by atoms with Gasteiger partial charge in [0.1, 0.15) is 16.9 Å². The number of aromatic nitrogens is 3. The topological polar surface area (TPSA) is 90.2 Å². The SMILES string of the molecule is O=C(Nc1cc2c(cc1N1CCOCC1)OC1(CCOCC1)C2)c1cnn2cccnc12. The third-order valence-corrected chi connectivity index (χ3v) is 6.55. The molecule has 3 aromatic rings. The molecule has 0 aliphatic carbocycles. The third kappa shape index (κ3) is 3.37. The Bertz CT molecular complexity index is 1160. The zero-order valence-electron chi connectivity index (χ0n) is 17.7. The number of morpholine rings is 1. The van der Waals surface area contributed by atoms with Gasteiger partial charge < -0.3 is 24.4 Å². The van der Waals surface area contributed by atoms with Crippen LogP contribution in [0.2, 0.25) is 0 Å². The van der Waals surface area contributed by atoms with Crippen LogP contribution >= 0.6 is 0 Å². The summed E-state index contributed by atoms with van der Waals surface area (Å²) in [5.41, 5.74) is 3.63. The molecule has 1 spiro atoms. The summed E-state index contributed by atoms with van der Waals surface area (Å²) in [6.07, 6.45) is 7.58. The molecule has 32 heavy (non-hydrogen) atoms. The predicted molar refractivity (Wildman–Crippen MR) is 118 cm³/mol. The van der Waals surface area contributed by atoms with Gasteiger partial charge in [-0.05, 0) is 12.1 Å². The smallest absolute Gasteiger partial charge is 0.261 e. The van der Waals surface area contributed by atoms with E-state index in [1.807, 2.05) is 0 Å². The van der Waals surface area contributed by atoms with E-state index in [0.717, 1.165) is 68.3 Å². The van der Waals surface area contributed by atoms with Crippen molar-refractivity contribution in [3.05, 3.63) is 47.9 Å². The Kier molecular flexibility index (Phi) is 4.73. The number of carbonyl (C=O) groups is 1. The first-order chi connectivity index (χ1) is 15.7. The van der Waals surface area contributed by atoms with Crippen LogP contribution in [-0.4, -0.2) is 65.6 Å². The number of nitrogens with zero attached hydrogens (tertiary/aromatic N) is 4. The summed E-state index contributed by atoms with van der Waals surface area (Å²) in [5.74, 6) is 0.678. The number of nitrogens with one attached hydrogen (secondary N) is 1. The molecule has 0 atom stereocenters. The highest BCUT2D eigenvalue weighted by molar-refractivity contribution is 6.09. The molecule has 3 aliphatic rings. The standard InChI is InChI=1S/C23H25N5O4/c29-22(17-15-25-28-5-1-4-24-21(17)28)26-18-12-16-14-23(2-8-30-9-3-23)32-20(16)13-19(18)27-6-10-31-11-7-27/h1,4-5,12-13,15H,2-3,6-11,14H2,(H,26,29). The van der Waals surface area contributed by atoms with Crippen molar-refractivity contribution < 1.29 is 19.0 Å². The number of benzene rings is 1. The van der Waals surface area contributed by atoms with E-state index in [9.17, 15) is 4.79 Å². The van der Waals surface area contributed by atoms with Gasteiger partial charge in [0.05, 0.1) is 44.0 Å². The summed E-state index contributed by atoms with van der Waals surface area (Å²) in [5, 5.41) is 7.37. The van der Waals surface area contributed by atoms with E-state index in [-0.39, 0.29) is 11.5 Å². The first-order valence-corrected chi connectivity index (χ1v) is 11.1. The van der Waals surface area contributed by atoms with E-state index < -0.39 is 0 Å². The molecule has 1 aromatic carbocycles. The van der Waals surface area contributed by atoms with Crippen molar-refractivity contribution in [3.63, 3.8) is 0 Å². The molecule has 3 aliphatic heterocycles. The van der Waals surface area contributed by atoms with Crippen molar-refractivity contribution in [2.75, 3.05) is 49.7 Å². The molecule has 9 heteroatoms. The zero-order chi connectivity index (χ0) is 21.5. The number of hydrogen-bond acceptors (Lipinski definition) is 7. The first kappa shape index (κ1) is 19.5. The van der Waals surface area contributed by atoms with E-state index in [0.29, 0.717) is 24.4 Å². The molecule has 9 nitrogen and oxygen atoms in total. The third-order valence-electron chi connectivity index (χ3n) is 6.55. The first-order valence-electron chi connectivity index (χ1n) is 11.1. The molecule has 0 saturated carbocycles. The number of fused-ring (bicyclic) bond motifs is 2. The van der Waals surface area contributed by atoms with Gasteiger partial charge >= 0.3 is 0 Å². The molecule has 2 saturated heterocycles. The van der Waals surface area contributed by atoms with E-state index in [1.54, 1.807) is 29.2 Å². The van der Waals surface area contributed by atoms with Crippen LogP contribution in [0.15, 0.2) is 36.8 Å². The molecule has 5 heterocycles. The summed E-state index contributed by atoms with van der Waals surface area (Å²) < 4.78 is 19.2. The second-order valence-electron chi connectivity index (χ2n) is 8.55. The molecule has 0 bridgehead atoms. The van der Waals surface area contributed by atoms with Gasteiger partial charge in [0.15, 0.2) is 5.65 Å². The Hall–Kier alpha value is -3.17. The van der Waals surface area contributed by atoms with Gasteiger partial charge in [-0.25, -0.2) is 9.50 Å². The molecule has 2 aromatic heterocycles. The van der Waals surface area contributed by atoms with Crippen LogP contribution in [0.1, 0.15) is 28.8 Å². The summed E-state index contributed by atoms with van der Waals surface area (Å²) in [7, 11) is 0. The maximum atomic E-state index is 13.2. The lowest BCUT2D eigenvalue weighted by Gasteiger charge is -2.33. The average molecular weight is 435 g/mol. The van der Waals surface area contributed by atoms with E-state index in [2.05, 4.69) is 32.4 Å². The Morgan fingerprint density at radius 2 is 1.91 bits per heavy atom. The van der Waals surface area contributed by atoms with Crippen LogP contribution < -0.4 is 15.0 Å². The largest absolute Gasteiger partial charge is 0.486 e. The van der Waals surface area contributed by atoms with Gasteiger partial charge in [0, 0.05) is 56.4 Å². The average Bonchev–Trinajstić information content (AvgIpc) is 3.40. The normalized spacial score (nSPS) is 19.7. The molecular formula is C23H25N5O4. The Labute approximate surface area is 185 Å². The van der Waals surface area contributed by atoms with Crippen LogP contribution in [-0.2, 0) is 15.9 Å². The molecule has 1 amide bonds. The van der Waals surface area contributed by atoms with Crippen LogP contribution in [0, 0.1) is 0 Å². The molecule has 1 N–H and O–H groups in total. The van der Waals surface area contributed by atoms with Gasteiger partial charge in [0.25, 0.3) is 5.91 Å². The summed E-state index contributed by atoms with van der Waals surface area (Å²) in [4.78, 5) is 19.8. The maximum absolute atomic E-state index is 13.2. The highest BCUT2D eigenvalue weighted by atomic mass is 16.5. The van der Waals surface area contributed by atoms with Gasteiger partial charge in [-0.1, -0.05) is 0 Å². The highest BCUT2D eigenvalue weighted by Crippen LogP contribution is 2.45. The molecule has 6 rings (SSSR count). The molecule has 0 unspecified atom stereocenters. The molecular weight excluding hydrogens is 410 g/mol. The zero-order valence-corrected chi connectivity index (χ0v) is 17.7. The number of rotatable bonds is 3. The number of hydrogen-bond donors (Lipinski definition) is 1.